The van der Waals surface area contributed by atoms with Crippen LogP contribution < -0.4 is 0 Å². The van der Waals surface area contributed by atoms with E-state index in [1.807, 2.05) is 0 Å². The molecule has 0 aromatic carbocycles. The number of nitrogens with zero attached hydrogens (tertiary/aromatic N) is 3. The van der Waals surface area contributed by atoms with Crippen LogP contribution in [0.4, 0.5) is 8.78 Å². The maximum absolute atomic E-state index is 12.8. The summed E-state index contributed by atoms with van der Waals surface area (Å²) in [6, 6.07) is 0. The van der Waals surface area contributed by atoms with Gasteiger partial charge in [0.2, 0.25) is 5.92 Å². The molecule has 0 spiro atoms. The summed E-state index contributed by atoms with van der Waals surface area (Å²) in [6.07, 6.45) is 3.30. The molecule has 0 radical (unpaired) electrons. The van der Waals surface area contributed by atoms with E-state index in [1.165, 1.54) is 17.3 Å². The van der Waals surface area contributed by atoms with Crippen LogP contribution >= 0.6 is 23.5 Å². The lowest BCUT2D eigenvalue weighted by Crippen LogP contribution is -2.36. The molecule has 1 aliphatic heterocycles. The van der Waals surface area contributed by atoms with Gasteiger partial charge >= 0.3 is 0 Å². The van der Waals surface area contributed by atoms with Crippen LogP contribution in [0.15, 0.2) is 11.1 Å². The zero-order valence-corrected chi connectivity index (χ0v) is 12.9. The van der Waals surface area contributed by atoms with E-state index in [4.69, 9.17) is 0 Å². The number of hydrogen-bond donors (Lipinski definition) is 0. The molecule has 1 aromatic rings. The quantitative estimate of drug-likeness (QED) is 0.796. The van der Waals surface area contributed by atoms with Crippen molar-refractivity contribution < 1.29 is 8.78 Å². The number of aromatic nitrogens is 2. The Hall–Kier alpha value is -0.530. The first-order valence-electron chi connectivity index (χ1n) is 6.75. The van der Waals surface area contributed by atoms with Gasteiger partial charge in [-0.1, -0.05) is 6.08 Å². The third-order valence-electron chi connectivity index (χ3n) is 3.73. The summed E-state index contributed by atoms with van der Waals surface area (Å²) in [6.45, 7) is 1.96. The monoisotopic (exact) mass is 317 g/mol. The molecule has 20 heavy (non-hydrogen) atoms. The molecule has 3 rings (SSSR count). The highest BCUT2D eigenvalue weighted by atomic mass is 32.2. The van der Waals surface area contributed by atoms with Crippen molar-refractivity contribution in [1.29, 1.82) is 0 Å². The lowest BCUT2D eigenvalue weighted by molar-refractivity contribution is -0.103. The van der Waals surface area contributed by atoms with Crippen molar-refractivity contribution in [3.63, 3.8) is 0 Å². The first-order chi connectivity index (χ1) is 9.53. The Kier molecular flexibility index (Phi) is 4.10. The molecule has 2 heterocycles. The van der Waals surface area contributed by atoms with E-state index in [0.717, 1.165) is 36.0 Å². The maximum Gasteiger partial charge on any atom is 0.248 e. The van der Waals surface area contributed by atoms with Crippen LogP contribution in [0.25, 0.3) is 5.57 Å². The van der Waals surface area contributed by atoms with E-state index in [9.17, 15) is 8.78 Å². The Morgan fingerprint density at radius 1 is 1.45 bits per heavy atom. The fourth-order valence-electron chi connectivity index (χ4n) is 2.64. The third kappa shape index (κ3) is 3.20. The van der Waals surface area contributed by atoms with Crippen molar-refractivity contribution >= 4 is 29.1 Å². The Morgan fingerprint density at radius 3 is 2.95 bits per heavy atom. The van der Waals surface area contributed by atoms with Gasteiger partial charge in [0, 0.05) is 31.7 Å². The second-order valence-corrected chi connectivity index (χ2v) is 7.15. The van der Waals surface area contributed by atoms with Gasteiger partial charge in [-0.2, -0.15) is 8.75 Å². The van der Waals surface area contributed by atoms with Gasteiger partial charge in [-0.15, -0.1) is 11.8 Å². The van der Waals surface area contributed by atoms with Crippen molar-refractivity contribution in [2.75, 3.05) is 25.9 Å². The first-order valence-corrected chi connectivity index (χ1v) is 8.46. The zero-order chi connectivity index (χ0) is 14.2. The molecule has 1 saturated carbocycles. The van der Waals surface area contributed by atoms with Crippen molar-refractivity contribution in [2.45, 2.75) is 30.2 Å². The molecule has 3 nitrogen and oxygen atoms in total. The van der Waals surface area contributed by atoms with E-state index in [1.54, 1.807) is 11.8 Å². The van der Waals surface area contributed by atoms with Gasteiger partial charge in [0.05, 0.1) is 11.7 Å². The van der Waals surface area contributed by atoms with Gasteiger partial charge in [0.15, 0.2) is 0 Å². The van der Waals surface area contributed by atoms with E-state index in [2.05, 4.69) is 26.8 Å². The maximum atomic E-state index is 12.8. The van der Waals surface area contributed by atoms with Gasteiger partial charge in [0.25, 0.3) is 0 Å². The Labute approximate surface area is 125 Å². The number of thioether (sulfide) groups is 1. The molecular weight excluding hydrogens is 300 g/mol. The number of rotatable bonds is 4. The van der Waals surface area contributed by atoms with Gasteiger partial charge in [-0.25, -0.2) is 8.78 Å². The first kappa shape index (κ1) is 14.4. The summed E-state index contributed by atoms with van der Waals surface area (Å²) in [7, 11) is 2.09. The fourth-order valence-corrected chi connectivity index (χ4v) is 4.43. The van der Waals surface area contributed by atoms with Crippen molar-refractivity contribution in [2.24, 2.45) is 5.92 Å². The van der Waals surface area contributed by atoms with Crippen LogP contribution in [0.1, 0.15) is 25.0 Å². The predicted octanol–water partition coefficient (Wildman–Crippen LogP) is 3.39. The second-order valence-electron chi connectivity index (χ2n) is 5.62. The molecule has 0 unspecified atom stereocenters. The highest BCUT2D eigenvalue weighted by Crippen LogP contribution is 2.44. The molecular formula is C13H17F2N3S2. The summed E-state index contributed by atoms with van der Waals surface area (Å²) in [4.78, 5) is 2.26. The Morgan fingerprint density at radius 2 is 2.25 bits per heavy atom. The van der Waals surface area contributed by atoms with Crippen LogP contribution in [0.5, 0.6) is 0 Å². The topological polar surface area (TPSA) is 29.0 Å². The normalized spacial score (nSPS) is 23.4. The lowest BCUT2D eigenvalue weighted by Gasteiger charge is -2.34. The average molecular weight is 317 g/mol. The van der Waals surface area contributed by atoms with E-state index in [0.29, 0.717) is 0 Å². The van der Waals surface area contributed by atoms with Crippen molar-refractivity contribution in [1.82, 2.24) is 13.6 Å². The number of likely N-dealkylation sites (N-methyl/N-ethyl adjacent to an activating group) is 1. The third-order valence-corrected chi connectivity index (χ3v) is 5.57. The SMILES string of the molecule is CN1CCC=C(c2nsnc2SCC2CC(F)(F)C2)C1. The molecule has 2 aliphatic rings. The Bertz CT molecular complexity index is 507. The van der Waals surface area contributed by atoms with Gasteiger partial charge in [0.1, 0.15) is 10.7 Å². The number of alkyl halides is 2. The second kappa shape index (κ2) is 5.69. The van der Waals surface area contributed by atoms with Crippen LogP contribution in [0.2, 0.25) is 0 Å². The van der Waals surface area contributed by atoms with Gasteiger partial charge in [-0.05, 0) is 25.0 Å². The number of halogens is 2. The molecule has 0 amide bonds. The van der Waals surface area contributed by atoms with Crippen molar-refractivity contribution in [3.8, 4) is 0 Å². The van der Waals surface area contributed by atoms with Crippen LogP contribution in [0, 0.1) is 5.92 Å². The molecule has 0 bridgehead atoms. The molecule has 1 aliphatic carbocycles. The van der Waals surface area contributed by atoms with Crippen LogP contribution in [-0.2, 0) is 0 Å². The van der Waals surface area contributed by atoms with Gasteiger partial charge < -0.3 is 4.90 Å². The molecule has 110 valence electrons. The van der Waals surface area contributed by atoms with Crippen LogP contribution in [0.3, 0.4) is 0 Å². The summed E-state index contributed by atoms with van der Waals surface area (Å²) < 4.78 is 34.4. The standard InChI is InChI=1S/C13H17F2N3S2/c1-18-4-2-3-10(7-18)11-12(17-20-16-11)19-8-9-5-13(14,15)6-9/h3,9H,2,4-8H2,1H3. The zero-order valence-electron chi connectivity index (χ0n) is 11.3. The van der Waals surface area contributed by atoms with Gasteiger partial charge in [-0.3, -0.25) is 0 Å². The van der Waals surface area contributed by atoms with E-state index >= 15 is 0 Å². The largest absolute Gasteiger partial charge is 0.302 e. The summed E-state index contributed by atoms with van der Waals surface area (Å²) >= 11 is 2.79. The minimum Gasteiger partial charge on any atom is -0.302 e. The smallest absolute Gasteiger partial charge is 0.248 e. The highest BCUT2D eigenvalue weighted by molar-refractivity contribution is 7.99. The molecule has 1 fully saturated rings. The molecule has 0 saturated heterocycles. The Balaban J connectivity index is 1.61. The molecule has 1 aromatic heterocycles. The fraction of sp³-hybridized carbons (Fsp3) is 0.692. The van der Waals surface area contributed by atoms with Crippen molar-refractivity contribution in [3.05, 3.63) is 11.8 Å². The van der Waals surface area contributed by atoms with E-state index in [-0.39, 0.29) is 18.8 Å². The summed E-state index contributed by atoms with van der Waals surface area (Å²) in [5.41, 5.74) is 2.17. The minimum absolute atomic E-state index is 0.0261. The molecule has 0 N–H and O–H groups in total. The average Bonchev–Trinajstić information content (AvgIpc) is 2.82. The lowest BCUT2D eigenvalue weighted by atomic mass is 9.83. The molecule has 0 atom stereocenters. The van der Waals surface area contributed by atoms with E-state index < -0.39 is 5.92 Å². The highest BCUT2D eigenvalue weighted by Gasteiger charge is 2.45. The predicted molar refractivity (Wildman–Crippen MR) is 78.4 cm³/mol. The number of hydrogen-bond acceptors (Lipinski definition) is 5. The summed E-state index contributed by atoms with van der Waals surface area (Å²) in [5, 5.41) is 0.909. The summed E-state index contributed by atoms with van der Waals surface area (Å²) in [5.74, 6) is -1.59. The minimum atomic E-state index is -2.43. The molecule has 7 heteroatoms. The van der Waals surface area contributed by atoms with Crippen LogP contribution in [-0.4, -0.2) is 45.5 Å².